The smallest absolute Gasteiger partial charge is 0.0142 e. The maximum Gasteiger partial charge on any atom is 0.0142 e. The lowest BCUT2D eigenvalue weighted by Gasteiger charge is -2.24. The van der Waals surface area contributed by atoms with Gasteiger partial charge in [0.25, 0.3) is 0 Å². The van der Waals surface area contributed by atoms with Gasteiger partial charge in [0, 0.05) is 12.1 Å². The van der Waals surface area contributed by atoms with Crippen LogP contribution in [0.3, 0.4) is 0 Å². The molecule has 1 aliphatic heterocycles. The monoisotopic (exact) mass is 356 g/mol. The van der Waals surface area contributed by atoms with Crippen LogP contribution in [0.1, 0.15) is 38.7 Å². The minimum atomic E-state index is 0. The van der Waals surface area contributed by atoms with Crippen LogP contribution >= 0.6 is 24.8 Å². The van der Waals surface area contributed by atoms with Crippen LogP contribution in [0.2, 0.25) is 0 Å². The van der Waals surface area contributed by atoms with Crippen molar-refractivity contribution >= 4 is 30.9 Å². The Labute approximate surface area is 153 Å². The van der Waals surface area contributed by atoms with Crippen LogP contribution in [0, 0.1) is 11.8 Å². The molecule has 0 unspecified atom stereocenters. The molecule has 4 heteroatoms. The highest BCUT2D eigenvalue weighted by molar-refractivity contribution is 5.85. The van der Waals surface area contributed by atoms with E-state index in [1.165, 1.54) is 37.9 Å². The molecule has 0 amide bonds. The molecule has 1 heterocycles. The number of rotatable bonds is 5. The molecule has 3 rings (SSSR count). The van der Waals surface area contributed by atoms with Gasteiger partial charge in [0.05, 0.1) is 0 Å². The molecule has 2 N–H and O–H groups in total. The van der Waals surface area contributed by atoms with E-state index in [1.54, 1.807) is 5.57 Å². The Morgan fingerprint density at radius 3 is 2.39 bits per heavy atom. The summed E-state index contributed by atoms with van der Waals surface area (Å²) >= 11 is 0. The molecular formula is C19H30Cl2N2. The third-order valence-corrected chi connectivity index (χ3v) is 4.81. The maximum absolute atomic E-state index is 3.88. The van der Waals surface area contributed by atoms with Crippen LogP contribution in [-0.4, -0.2) is 25.2 Å². The summed E-state index contributed by atoms with van der Waals surface area (Å²) in [7, 11) is 0. The molecule has 0 bridgehead atoms. The summed E-state index contributed by atoms with van der Waals surface area (Å²) in [5.41, 5.74) is 2.96. The van der Waals surface area contributed by atoms with Gasteiger partial charge in [-0.2, -0.15) is 0 Å². The van der Waals surface area contributed by atoms with Gasteiger partial charge in [-0.25, -0.2) is 0 Å². The Kier molecular flexibility index (Phi) is 8.63. The Bertz CT molecular complexity index is 481. The molecular weight excluding hydrogens is 327 g/mol. The first-order valence-corrected chi connectivity index (χ1v) is 8.47. The second kappa shape index (κ2) is 9.68. The minimum absolute atomic E-state index is 0. The predicted molar refractivity (Wildman–Crippen MR) is 105 cm³/mol. The van der Waals surface area contributed by atoms with E-state index in [-0.39, 0.29) is 24.8 Å². The lowest BCUT2D eigenvalue weighted by Crippen LogP contribution is -2.41. The van der Waals surface area contributed by atoms with E-state index in [1.807, 2.05) is 0 Å². The lowest BCUT2D eigenvalue weighted by molar-refractivity contribution is 0.380. The number of nitrogens with one attached hydrogen (secondary N) is 2. The molecule has 2 fully saturated rings. The molecule has 130 valence electrons. The van der Waals surface area contributed by atoms with Crippen molar-refractivity contribution < 1.29 is 0 Å². The summed E-state index contributed by atoms with van der Waals surface area (Å²) in [5.74, 6) is 1.38. The van der Waals surface area contributed by atoms with Crippen LogP contribution in [-0.2, 0) is 0 Å². The fourth-order valence-electron chi connectivity index (χ4n) is 3.48. The third-order valence-electron chi connectivity index (χ3n) is 4.81. The van der Waals surface area contributed by atoms with Crippen molar-refractivity contribution in [3.63, 3.8) is 0 Å². The number of piperidine rings is 1. The summed E-state index contributed by atoms with van der Waals surface area (Å²) < 4.78 is 0. The van der Waals surface area contributed by atoms with Gasteiger partial charge >= 0.3 is 0 Å². The third kappa shape index (κ3) is 5.79. The second-order valence-corrected chi connectivity index (χ2v) is 6.85. The molecule has 0 aromatic heterocycles. The van der Waals surface area contributed by atoms with Gasteiger partial charge in [-0.3, -0.25) is 0 Å². The van der Waals surface area contributed by atoms with Crippen LogP contribution in [0.4, 0.5) is 0 Å². The normalized spacial score (nSPS) is 24.7. The quantitative estimate of drug-likeness (QED) is 0.821. The largest absolute Gasteiger partial charge is 0.317 e. The summed E-state index contributed by atoms with van der Waals surface area (Å²) in [6, 6.07) is 12.2. The predicted octanol–water partition coefficient (Wildman–Crippen LogP) is 4.30. The highest BCUT2D eigenvalue weighted by Crippen LogP contribution is 2.42. The molecule has 0 radical (unpaired) electrons. The van der Waals surface area contributed by atoms with E-state index in [0.717, 1.165) is 12.0 Å². The van der Waals surface area contributed by atoms with Crippen LogP contribution in [0.5, 0.6) is 0 Å². The number of hydrogen-bond donors (Lipinski definition) is 2. The van der Waals surface area contributed by atoms with Gasteiger partial charge in [0.15, 0.2) is 0 Å². The molecule has 2 nitrogen and oxygen atoms in total. The molecule has 1 aromatic carbocycles. The van der Waals surface area contributed by atoms with Crippen molar-refractivity contribution in [3.8, 4) is 0 Å². The molecule has 1 aromatic rings. The van der Waals surface area contributed by atoms with Crippen molar-refractivity contribution in [2.24, 2.45) is 11.8 Å². The zero-order valence-corrected chi connectivity index (χ0v) is 15.8. The van der Waals surface area contributed by atoms with Crippen LogP contribution < -0.4 is 10.6 Å². The van der Waals surface area contributed by atoms with Crippen LogP contribution in [0.15, 0.2) is 35.9 Å². The summed E-state index contributed by atoms with van der Waals surface area (Å²) in [5, 5.41) is 7.33. The Morgan fingerprint density at radius 1 is 1.13 bits per heavy atom. The molecule has 1 saturated heterocycles. The van der Waals surface area contributed by atoms with E-state index < -0.39 is 0 Å². The van der Waals surface area contributed by atoms with Crippen molar-refractivity contribution in [1.29, 1.82) is 0 Å². The van der Waals surface area contributed by atoms with Crippen LogP contribution in [0.25, 0.3) is 6.08 Å². The molecule has 2 atom stereocenters. The number of halogens is 2. The van der Waals surface area contributed by atoms with Crippen molar-refractivity contribution in [1.82, 2.24) is 10.6 Å². The van der Waals surface area contributed by atoms with Gasteiger partial charge in [-0.15, -0.1) is 24.8 Å². The first kappa shape index (κ1) is 20.5. The fraction of sp³-hybridized carbons (Fsp3) is 0.579. The van der Waals surface area contributed by atoms with Crippen molar-refractivity contribution in [3.05, 3.63) is 41.5 Å². The van der Waals surface area contributed by atoms with Crippen molar-refractivity contribution in [2.45, 2.75) is 45.2 Å². The Balaban J connectivity index is 0.00000132. The zero-order valence-electron chi connectivity index (χ0n) is 14.1. The SMILES string of the molecule is CC(C)C(=Cc1ccccc1)[C@@H]1C[C@H]1NC1CCNCC1.Cl.Cl. The molecule has 2 aliphatic rings. The molecule has 1 aliphatic carbocycles. The van der Waals surface area contributed by atoms with E-state index in [4.69, 9.17) is 0 Å². The molecule has 0 spiro atoms. The highest BCUT2D eigenvalue weighted by atomic mass is 35.5. The van der Waals surface area contributed by atoms with Crippen molar-refractivity contribution in [2.75, 3.05) is 13.1 Å². The first-order valence-electron chi connectivity index (χ1n) is 8.47. The first-order chi connectivity index (χ1) is 10.2. The van der Waals surface area contributed by atoms with E-state index in [2.05, 4.69) is 60.9 Å². The zero-order chi connectivity index (χ0) is 14.7. The summed E-state index contributed by atoms with van der Waals surface area (Å²) in [4.78, 5) is 0. The summed E-state index contributed by atoms with van der Waals surface area (Å²) in [6.45, 7) is 7.00. The van der Waals surface area contributed by atoms with Gasteiger partial charge in [0.2, 0.25) is 0 Å². The summed E-state index contributed by atoms with van der Waals surface area (Å²) in [6.07, 6.45) is 6.30. The topological polar surface area (TPSA) is 24.1 Å². The Hall–Kier alpha value is -0.540. The van der Waals surface area contributed by atoms with E-state index >= 15 is 0 Å². The number of benzene rings is 1. The van der Waals surface area contributed by atoms with Gasteiger partial charge in [-0.1, -0.05) is 55.8 Å². The second-order valence-electron chi connectivity index (χ2n) is 6.85. The fourth-order valence-corrected chi connectivity index (χ4v) is 3.48. The Morgan fingerprint density at radius 2 is 1.78 bits per heavy atom. The molecule has 1 saturated carbocycles. The minimum Gasteiger partial charge on any atom is -0.317 e. The average molecular weight is 357 g/mol. The van der Waals surface area contributed by atoms with Gasteiger partial charge in [-0.05, 0) is 49.8 Å². The lowest BCUT2D eigenvalue weighted by atomic mass is 9.95. The molecule has 23 heavy (non-hydrogen) atoms. The maximum atomic E-state index is 3.88. The highest BCUT2D eigenvalue weighted by Gasteiger charge is 2.41. The standard InChI is InChI=1S/C19H28N2.2ClH/c1-14(2)17(12-15-6-4-3-5-7-15)18-13-19(18)21-16-8-10-20-11-9-16;;/h3-7,12,14,16,18-21H,8-11,13H2,1-2H3;2*1H/t18-,19+;;/m0../s1. The van der Waals surface area contributed by atoms with E-state index in [9.17, 15) is 0 Å². The number of hydrogen-bond acceptors (Lipinski definition) is 2. The van der Waals surface area contributed by atoms with Gasteiger partial charge in [0.1, 0.15) is 0 Å². The van der Waals surface area contributed by atoms with Gasteiger partial charge < -0.3 is 10.6 Å². The van der Waals surface area contributed by atoms with E-state index in [0.29, 0.717) is 12.0 Å². The average Bonchev–Trinajstić information content (AvgIpc) is 3.25.